The number of aromatic amines is 1. The molecule has 0 fully saturated rings. The fourth-order valence-electron chi connectivity index (χ4n) is 1.68. The number of carbonyl (C=O) groups is 1. The van der Waals surface area contributed by atoms with Crippen molar-refractivity contribution < 1.29 is 9.53 Å². The Labute approximate surface area is 127 Å². The highest BCUT2D eigenvalue weighted by Gasteiger charge is 2.10. The first-order valence-corrected chi connectivity index (χ1v) is 6.98. The maximum atomic E-state index is 11.6. The quantitative estimate of drug-likeness (QED) is 0.856. The van der Waals surface area contributed by atoms with Crippen molar-refractivity contribution >= 4 is 17.5 Å². The van der Waals surface area contributed by atoms with E-state index in [1.807, 2.05) is 13.8 Å². The summed E-state index contributed by atoms with van der Waals surface area (Å²) in [4.78, 5) is 15.8. The molecule has 1 heterocycles. The number of amides is 1. The number of nitrogens with one attached hydrogen (secondary N) is 2. The Bertz CT molecular complexity index is 595. The SMILES string of the molecule is CC(C)NC(=O)Cc1n[nH]c(COc2ccc(Cl)cc2)n1. The van der Waals surface area contributed by atoms with Crippen LogP contribution in [0.1, 0.15) is 25.5 Å². The zero-order valence-electron chi connectivity index (χ0n) is 11.9. The molecular formula is C14H17ClN4O2. The number of H-pyrrole nitrogens is 1. The van der Waals surface area contributed by atoms with Crippen molar-refractivity contribution in [3.63, 3.8) is 0 Å². The number of rotatable bonds is 6. The lowest BCUT2D eigenvalue weighted by atomic mass is 10.3. The molecule has 112 valence electrons. The summed E-state index contributed by atoms with van der Waals surface area (Å²) in [6.45, 7) is 4.06. The molecule has 0 spiro atoms. The normalized spacial score (nSPS) is 10.7. The highest BCUT2D eigenvalue weighted by molar-refractivity contribution is 6.30. The topological polar surface area (TPSA) is 79.9 Å². The predicted molar refractivity (Wildman–Crippen MR) is 79.1 cm³/mol. The second-order valence-electron chi connectivity index (χ2n) is 4.84. The number of hydrogen-bond donors (Lipinski definition) is 2. The predicted octanol–water partition coefficient (Wildman–Crippen LogP) is 2.10. The van der Waals surface area contributed by atoms with E-state index in [4.69, 9.17) is 16.3 Å². The van der Waals surface area contributed by atoms with E-state index in [1.165, 1.54) is 0 Å². The number of ether oxygens (including phenoxy) is 1. The molecule has 0 saturated heterocycles. The second-order valence-corrected chi connectivity index (χ2v) is 5.28. The highest BCUT2D eigenvalue weighted by Crippen LogP contribution is 2.16. The number of benzene rings is 1. The van der Waals surface area contributed by atoms with E-state index in [0.29, 0.717) is 22.4 Å². The number of carbonyl (C=O) groups excluding carboxylic acids is 1. The highest BCUT2D eigenvalue weighted by atomic mass is 35.5. The molecule has 0 radical (unpaired) electrons. The van der Waals surface area contributed by atoms with Crippen molar-refractivity contribution in [2.24, 2.45) is 0 Å². The minimum Gasteiger partial charge on any atom is -0.486 e. The molecule has 0 saturated carbocycles. The summed E-state index contributed by atoms with van der Waals surface area (Å²) in [6.07, 6.45) is 0.148. The van der Waals surface area contributed by atoms with E-state index in [1.54, 1.807) is 24.3 Å². The standard InChI is InChI=1S/C14H17ClN4O2/c1-9(2)16-14(20)7-12-17-13(19-18-12)8-21-11-5-3-10(15)4-6-11/h3-6,9H,7-8H2,1-2H3,(H,16,20)(H,17,18,19). The van der Waals surface area contributed by atoms with Crippen molar-refractivity contribution in [1.29, 1.82) is 0 Å². The van der Waals surface area contributed by atoms with Crippen LogP contribution in [0.5, 0.6) is 5.75 Å². The van der Waals surface area contributed by atoms with Gasteiger partial charge in [-0.3, -0.25) is 9.89 Å². The minimum atomic E-state index is -0.103. The van der Waals surface area contributed by atoms with Gasteiger partial charge in [-0.15, -0.1) is 0 Å². The third-order valence-corrected chi connectivity index (χ3v) is 2.79. The van der Waals surface area contributed by atoms with Crippen LogP contribution in [0.4, 0.5) is 0 Å². The van der Waals surface area contributed by atoms with E-state index >= 15 is 0 Å². The van der Waals surface area contributed by atoms with Crippen LogP contribution < -0.4 is 10.1 Å². The average molecular weight is 309 g/mol. The Balaban J connectivity index is 1.85. The van der Waals surface area contributed by atoms with Crippen LogP contribution in [0.2, 0.25) is 5.02 Å². The van der Waals surface area contributed by atoms with E-state index in [0.717, 1.165) is 0 Å². The molecule has 2 N–H and O–H groups in total. The fourth-order valence-corrected chi connectivity index (χ4v) is 1.80. The summed E-state index contributed by atoms with van der Waals surface area (Å²) in [6, 6.07) is 7.15. The van der Waals surface area contributed by atoms with Crippen LogP contribution in [0.3, 0.4) is 0 Å². The lowest BCUT2D eigenvalue weighted by molar-refractivity contribution is -0.121. The molecule has 1 aromatic heterocycles. The first-order chi connectivity index (χ1) is 10.0. The molecule has 21 heavy (non-hydrogen) atoms. The van der Waals surface area contributed by atoms with E-state index in [-0.39, 0.29) is 25.0 Å². The van der Waals surface area contributed by atoms with Gasteiger partial charge in [-0.05, 0) is 38.1 Å². The van der Waals surface area contributed by atoms with Crippen molar-refractivity contribution in [2.75, 3.05) is 0 Å². The van der Waals surface area contributed by atoms with Gasteiger partial charge in [0.15, 0.2) is 11.6 Å². The zero-order valence-corrected chi connectivity index (χ0v) is 12.6. The van der Waals surface area contributed by atoms with Crippen LogP contribution in [0, 0.1) is 0 Å². The van der Waals surface area contributed by atoms with Gasteiger partial charge in [0, 0.05) is 11.1 Å². The van der Waals surface area contributed by atoms with Crippen LogP contribution in [0.15, 0.2) is 24.3 Å². The van der Waals surface area contributed by atoms with Gasteiger partial charge >= 0.3 is 0 Å². The van der Waals surface area contributed by atoms with Gasteiger partial charge in [-0.2, -0.15) is 5.10 Å². The molecule has 0 aliphatic carbocycles. The van der Waals surface area contributed by atoms with Crippen molar-refractivity contribution in [1.82, 2.24) is 20.5 Å². The second kappa shape index (κ2) is 7.08. The molecule has 0 bridgehead atoms. The smallest absolute Gasteiger partial charge is 0.227 e. The molecule has 0 atom stereocenters. The third kappa shape index (κ3) is 5.07. The summed E-state index contributed by atoms with van der Waals surface area (Å²) in [7, 11) is 0. The lowest BCUT2D eigenvalue weighted by Gasteiger charge is -2.05. The Kier molecular flexibility index (Phi) is 5.16. The Morgan fingerprint density at radius 1 is 1.38 bits per heavy atom. The monoisotopic (exact) mass is 308 g/mol. The van der Waals surface area contributed by atoms with Gasteiger partial charge in [0.2, 0.25) is 5.91 Å². The molecule has 0 aliphatic heterocycles. The third-order valence-electron chi connectivity index (χ3n) is 2.54. The summed E-state index contributed by atoms with van der Waals surface area (Å²) < 4.78 is 5.54. The summed E-state index contributed by atoms with van der Waals surface area (Å²) in [5, 5.41) is 10.2. The lowest BCUT2D eigenvalue weighted by Crippen LogP contribution is -2.31. The molecule has 0 aliphatic rings. The van der Waals surface area contributed by atoms with E-state index in [2.05, 4.69) is 20.5 Å². The van der Waals surface area contributed by atoms with Gasteiger partial charge in [0.25, 0.3) is 0 Å². The summed E-state index contributed by atoms with van der Waals surface area (Å²) >= 11 is 5.79. The fraction of sp³-hybridized carbons (Fsp3) is 0.357. The van der Waals surface area contributed by atoms with Gasteiger partial charge in [-0.1, -0.05) is 11.6 Å². The van der Waals surface area contributed by atoms with Crippen LogP contribution in [-0.4, -0.2) is 27.1 Å². The van der Waals surface area contributed by atoms with Gasteiger partial charge in [0.1, 0.15) is 12.4 Å². The molecular weight excluding hydrogens is 292 g/mol. The van der Waals surface area contributed by atoms with Crippen molar-refractivity contribution in [3.8, 4) is 5.75 Å². The van der Waals surface area contributed by atoms with E-state index in [9.17, 15) is 4.79 Å². The molecule has 2 aromatic rings. The van der Waals surface area contributed by atoms with Gasteiger partial charge in [-0.25, -0.2) is 4.98 Å². The molecule has 1 aromatic carbocycles. The van der Waals surface area contributed by atoms with Crippen molar-refractivity contribution in [3.05, 3.63) is 40.9 Å². The van der Waals surface area contributed by atoms with E-state index < -0.39 is 0 Å². The largest absolute Gasteiger partial charge is 0.486 e. The molecule has 7 heteroatoms. The number of nitrogens with zero attached hydrogens (tertiary/aromatic N) is 2. The number of halogens is 1. The first kappa shape index (κ1) is 15.3. The Morgan fingerprint density at radius 2 is 2.10 bits per heavy atom. The molecule has 0 unspecified atom stereocenters. The number of aromatic nitrogens is 3. The molecule has 1 amide bonds. The van der Waals surface area contributed by atoms with Gasteiger partial charge in [0.05, 0.1) is 6.42 Å². The average Bonchev–Trinajstić information content (AvgIpc) is 2.84. The molecule has 6 nitrogen and oxygen atoms in total. The minimum absolute atomic E-state index is 0.101. The first-order valence-electron chi connectivity index (χ1n) is 6.61. The van der Waals surface area contributed by atoms with Gasteiger partial charge < -0.3 is 10.1 Å². The van der Waals surface area contributed by atoms with Crippen LogP contribution in [-0.2, 0) is 17.8 Å². The number of hydrogen-bond acceptors (Lipinski definition) is 4. The van der Waals surface area contributed by atoms with Crippen LogP contribution >= 0.6 is 11.6 Å². The van der Waals surface area contributed by atoms with Crippen LogP contribution in [0.25, 0.3) is 0 Å². The van der Waals surface area contributed by atoms with Crippen molar-refractivity contribution in [2.45, 2.75) is 32.9 Å². The Hall–Kier alpha value is -2.08. The Morgan fingerprint density at radius 3 is 2.76 bits per heavy atom. The maximum absolute atomic E-state index is 11.6. The zero-order chi connectivity index (χ0) is 15.2. The summed E-state index contributed by atoms with van der Waals surface area (Å²) in [5.74, 6) is 1.60. The summed E-state index contributed by atoms with van der Waals surface area (Å²) in [5.41, 5.74) is 0. The maximum Gasteiger partial charge on any atom is 0.227 e. The molecule has 2 rings (SSSR count).